The second-order valence-electron chi connectivity index (χ2n) is 10.9. The van der Waals surface area contributed by atoms with Crippen molar-refractivity contribution in [2.24, 2.45) is 17.8 Å². The molecule has 39 heavy (non-hydrogen) atoms. The Kier molecular flexibility index (Phi) is 7.11. The molecule has 208 valence electrons. The molecule has 2 aromatic carbocycles. The van der Waals surface area contributed by atoms with Crippen LogP contribution in [0.15, 0.2) is 48.5 Å². The molecule has 0 radical (unpaired) electrons. The van der Waals surface area contributed by atoms with Gasteiger partial charge in [0.05, 0.1) is 36.7 Å². The van der Waals surface area contributed by atoms with Gasteiger partial charge in [-0.1, -0.05) is 18.5 Å². The number of aliphatic hydroxyl groups excluding tert-OH is 1. The molecule has 10 heteroatoms. The number of likely N-dealkylation sites (tertiary alicyclic amines) is 1. The zero-order valence-electron chi connectivity index (χ0n) is 22.4. The van der Waals surface area contributed by atoms with Crippen molar-refractivity contribution in [3.63, 3.8) is 0 Å². The second kappa shape index (κ2) is 10.1. The summed E-state index contributed by atoms with van der Waals surface area (Å²) < 4.78 is 12.2. The summed E-state index contributed by atoms with van der Waals surface area (Å²) in [4.78, 5) is 43.2. The zero-order valence-corrected chi connectivity index (χ0v) is 23.2. The van der Waals surface area contributed by atoms with Crippen molar-refractivity contribution in [2.45, 2.75) is 57.4 Å². The number of rotatable bonds is 8. The van der Waals surface area contributed by atoms with Crippen LogP contribution in [-0.4, -0.2) is 64.2 Å². The average molecular weight is 556 g/mol. The minimum absolute atomic E-state index is 0.104. The van der Waals surface area contributed by atoms with Gasteiger partial charge in [-0.25, -0.2) is 0 Å². The molecule has 3 heterocycles. The van der Waals surface area contributed by atoms with Crippen LogP contribution in [0.4, 0.5) is 11.4 Å². The molecule has 1 spiro atoms. The maximum absolute atomic E-state index is 14.1. The lowest BCUT2D eigenvalue weighted by atomic mass is 9.62. The number of carbonyl (C=O) groups is 3. The third-order valence-corrected chi connectivity index (χ3v) is 8.82. The van der Waals surface area contributed by atoms with Crippen molar-refractivity contribution in [3.8, 4) is 5.75 Å². The Labute approximate surface area is 232 Å². The Hall–Kier alpha value is -3.14. The van der Waals surface area contributed by atoms with E-state index in [2.05, 4.69) is 10.6 Å². The van der Waals surface area contributed by atoms with Gasteiger partial charge in [-0.15, -0.1) is 0 Å². The number of benzene rings is 2. The van der Waals surface area contributed by atoms with E-state index >= 15 is 0 Å². The van der Waals surface area contributed by atoms with Crippen molar-refractivity contribution in [3.05, 3.63) is 53.6 Å². The van der Waals surface area contributed by atoms with E-state index in [1.165, 1.54) is 4.90 Å². The van der Waals surface area contributed by atoms with Crippen LogP contribution in [0.3, 0.4) is 0 Å². The van der Waals surface area contributed by atoms with E-state index in [0.29, 0.717) is 35.2 Å². The SMILES string of the molecule is CCOc1ccc(NC(=O)[C@H]2[C@H]3C(=O)N([C@H](C)CO)C(C(=O)Nc4ccc(Cl)cc4)C34CC(C)[C@]2(C)O4)cc1. The van der Waals surface area contributed by atoms with E-state index in [9.17, 15) is 19.5 Å². The Balaban J connectivity index is 1.49. The normalized spacial score (nSPS) is 31.6. The fourth-order valence-corrected chi connectivity index (χ4v) is 6.83. The highest BCUT2D eigenvalue weighted by Gasteiger charge is 2.80. The average Bonchev–Trinajstić information content (AvgIpc) is 3.42. The molecular weight excluding hydrogens is 522 g/mol. The maximum Gasteiger partial charge on any atom is 0.250 e. The van der Waals surface area contributed by atoms with Gasteiger partial charge >= 0.3 is 0 Å². The Morgan fingerprint density at radius 3 is 2.31 bits per heavy atom. The van der Waals surface area contributed by atoms with Gasteiger partial charge in [0.2, 0.25) is 17.7 Å². The Bertz CT molecular complexity index is 1270. The van der Waals surface area contributed by atoms with E-state index in [0.717, 1.165) is 0 Å². The minimum Gasteiger partial charge on any atom is -0.494 e. The first-order chi connectivity index (χ1) is 18.6. The molecule has 3 N–H and O–H groups in total. The summed E-state index contributed by atoms with van der Waals surface area (Å²) in [5.41, 5.74) is -1.08. The number of amides is 3. The fourth-order valence-electron chi connectivity index (χ4n) is 6.70. The molecular formula is C29H34ClN3O6. The van der Waals surface area contributed by atoms with Gasteiger partial charge in [-0.3, -0.25) is 14.4 Å². The lowest BCUT2D eigenvalue weighted by Crippen LogP contribution is -2.56. The number of anilines is 2. The first-order valence-electron chi connectivity index (χ1n) is 13.3. The predicted octanol–water partition coefficient (Wildman–Crippen LogP) is 3.71. The maximum atomic E-state index is 14.1. The summed E-state index contributed by atoms with van der Waals surface area (Å²) in [5, 5.41) is 16.4. The monoisotopic (exact) mass is 555 g/mol. The third-order valence-electron chi connectivity index (χ3n) is 8.57. The zero-order chi connectivity index (χ0) is 28.1. The molecule has 3 unspecified atom stereocenters. The lowest BCUT2D eigenvalue weighted by molar-refractivity contribution is -0.147. The Morgan fingerprint density at radius 1 is 1.13 bits per heavy atom. The van der Waals surface area contributed by atoms with Crippen molar-refractivity contribution >= 4 is 40.7 Å². The molecule has 0 aromatic heterocycles. The summed E-state index contributed by atoms with van der Waals surface area (Å²) in [7, 11) is 0. The first kappa shape index (κ1) is 27.4. The summed E-state index contributed by atoms with van der Waals surface area (Å²) in [6.45, 7) is 7.61. The highest BCUT2D eigenvalue weighted by molar-refractivity contribution is 6.30. The van der Waals surface area contributed by atoms with Crippen molar-refractivity contribution in [1.82, 2.24) is 4.90 Å². The number of ether oxygens (including phenoxy) is 2. The van der Waals surface area contributed by atoms with Crippen LogP contribution in [0, 0.1) is 17.8 Å². The van der Waals surface area contributed by atoms with Crippen LogP contribution in [-0.2, 0) is 19.1 Å². The number of aliphatic hydroxyl groups is 1. The number of hydrogen-bond donors (Lipinski definition) is 3. The van der Waals surface area contributed by atoms with E-state index < -0.39 is 41.0 Å². The van der Waals surface area contributed by atoms with Gasteiger partial charge in [0.1, 0.15) is 17.4 Å². The van der Waals surface area contributed by atoms with Crippen LogP contribution in [0.25, 0.3) is 0 Å². The number of nitrogens with one attached hydrogen (secondary N) is 2. The van der Waals surface area contributed by atoms with Crippen LogP contribution in [0.2, 0.25) is 5.02 Å². The van der Waals surface area contributed by atoms with Crippen LogP contribution in [0.1, 0.15) is 34.1 Å². The van der Waals surface area contributed by atoms with E-state index in [4.69, 9.17) is 21.1 Å². The van der Waals surface area contributed by atoms with Gasteiger partial charge in [0, 0.05) is 16.4 Å². The largest absolute Gasteiger partial charge is 0.494 e. The number of fused-ring (bicyclic) bond motifs is 1. The Morgan fingerprint density at radius 2 is 1.72 bits per heavy atom. The molecule has 0 saturated carbocycles. The summed E-state index contributed by atoms with van der Waals surface area (Å²) >= 11 is 6.00. The summed E-state index contributed by atoms with van der Waals surface area (Å²) in [5.74, 6) is -2.27. The second-order valence-corrected chi connectivity index (χ2v) is 11.4. The molecule has 2 bridgehead atoms. The van der Waals surface area contributed by atoms with Crippen LogP contribution < -0.4 is 15.4 Å². The standard InChI is InChI=1S/C29H34ClN3O6/c1-5-38-21-12-10-20(11-13-21)31-25(35)22-23-27(37)33(17(3)15-34)24(29(23)14-16(2)28(22,4)39-29)26(36)32-19-8-6-18(30)7-9-19/h6-13,16-17,22-24,34H,5,14-15H2,1-4H3,(H,31,35)(H,32,36)/t16?,17-,22-,23+,24?,28+,29?/m1/s1. The summed E-state index contributed by atoms with van der Waals surface area (Å²) in [6.07, 6.45) is 0.431. The molecule has 0 aliphatic carbocycles. The van der Waals surface area contributed by atoms with E-state index in [1.807, 2.05) is 20.8 Å². The minimum atomic E-state index is -1.22. The fraction of sp³-hybridized carbons (Fsp3) is 0.483. The van der Waals surface area contributed by atoms with Crippen LogP contribution in [0.5, 0.6) is 5.75 Å². The molecule has 3 aliphatic heterocycles. The van der Waals surface area contributed by atoms with E-state index in [1.54, 1.807) is 55.5 Å². The highest BCUT2D eigenvalue weighted by atomic mass is 35.5. The molecule has 3 aliphatic rings. The molecule has 3 fully saturated rings. The predicted molar refractivity (Wildman–Crippen MR) is 146 cm³/mol. The molecule has 2 aromatic rings. The molecule has 3 saturated heterocycles. The number of nitrogens with zero attached hydrogens (tertiary/aromatic N) is 1. The number of hydrogen-bond acceptors (Lipinski definition) is 6. The first-order valence-corrected chi connectivity index (χ1v) is 13.7. The smallest absolute Gasteiger partial charge is 0.250 e. The van der Waals surface area contributed by atoms with Crippen molar-refractivity contribution < 1.29 is 29.0 Å². The molecule has 3 amide bonds. The van der Waals surface area contributed by atoms with Gasteiger partial charge in [0.15, 0.2) is 0 Å². The van der Waals surface area contributed by atoms with Crippen molar-refractivity contribution in [2.75, 3.05) is 23.8 Å². The van der Waals surface area contributed by atoms with Crippen LogP contribution >= 0.6 is 11.6 Å². The molecule has 5 rings (SSSR count). The molecule has 7 atom stereocenters. The number of halogens is 1. The highest BCUT2D eigenvalue weighted by Crippen LogP contribution is 2.65. The van der Waals surface area contributed by atoms with Gasteiger partial charge in [0.25, 0.3) is 0 Å². The quantitative estimate of drug-likeness (QED) is 0.457. The molecule has 9 nitrogen and oxygen atoms in total. The van der Waals surface area contributed by atoms with Gasteiger partial charge < -0.3 is 30.1 Å². The lowest BCUT2D eigenvalue weighted by Gasteiger charge is -2.36. The van der Waals surface area contributed by atoms with E-state index in [-0.39, 0.29) is 24.3 Å². The van der Waals surface area contributed by atoms with Gasteiger partial charge in [-0.2, -0.15) is 0 Å². The topological polar surface area (TPSA) is 117 Å². The third kappa shape index (κ3) is 4.37. The number of carbonyl (C=O) groups excluding carboxylic acids is 3. The summed E-state index contributed by atoms with van der Waals surface area (Å²) in [6, 6.07) is 12.0. The van der Waals surface area contributed by atoms with Crippen molar-refractivity contribution in [1.29, 1.82) is 0 Å². The van der Waals surface area contributed by atoms with Gasteiger partial charge in [-0.05, 0) is 81.6 Å².